The van der Waals surface area contributed by atoms with E-state index in [1.165, 1.54) is 16.8 Å². The molecule has 0 amide bonds. The van der Waals surface area contributed by atoms with Crippen molar-refractivity contribution in [2.45, 2.75) is 23.8 Å². The second-order valence-corrected chi connectivity index (χ2v) is 3.93. The van der Waals surface area contributed by atoms with E-state index in [1.807, 2.05) is 13.0 Å². The fourth-order valence-corrected chi connectivity index (χ4v) is 2.03. The minimum absolute atomic E-state index is 0.272. The number of nitriles is 1. The summed E-state index contributed by atoms with van der Waals surface area (Å²) in [7, 11) is 0. The molecule has 7 nitrogen and oxygen atoms in total. The van der Waals surface area contributed by atoms with Crippen molar-refractivity contribution < 1.29 is 0 Å². The summed E-state index contributed by atoms with van der Waals surface area (Å²) < 4.78 is 1.47. The lowest BCUT2D eigenvalue weighted by Crippen LogP contribution is -2.16. The third-order valence-corrected chi connectivity index (χ3v) is 2.84. The van der Waals surface area contributed by atoms with Crippen LogP contribution in [-0.4, -0.2) is 24.7 Å². The van der Waals surface area contributed by atoms with Crippen LogP contribution >= 0.6 is 11.8 Å². The van der Waals surface area contributed by atoms with Crippen LogP contribution in [-0.2, 0) is 6.54 Å². The second kappa shape index (κ2) is 4.80. The zero-order valence-corrected chi connectivity index (χ0v) is 9.73. The summed E-state index contributed by atoms with van der Waals surface area (Å²) in [6.07, 6.45) is 1.49. The van der Waals surface area contributed by atoms with E-state index < -0.39 is 0 Å². The summed E-state index contributed by atoms with van der Waals surface area (Å²) in [5.74, 6) is 0. The first-order chi connectivity index (χ1) is 8.24. The van der Waals surface area contributed by atoms with E-state index in [4.69, 9.17) is 5.26 Å². The van der Waals surface area contributed by atoms with E-state index in [9.17, 15) is 4.79 Å². The molecule has 0 saturated carbocycles. The molecule has 0 aromatic carbocycles. The molecule has 86 valence electrons. The second-order valence-electron chi connectivity index (χ2n) is 2.99. The van der Waals surface area contributed by atoms with Crippen LogP contribution in [0.2, 0.25) is 0 Å². The Morgan fingerprint density at radius 3 is 3.18 bits per heavy atom. The van der Waals surface area contributed by atoms with Crippen LogP contribution in [0.15, 0.2) is 27.4 Å². The van der Waals surface area contributed by atoms with Crippen molar-refractivity contribution in [3.63, 3.8) is 0 Å². The molecule has 0 aliphatic heterocycles. The number of nitrogens with zero attached hydrogens (tertiary/aromatic N) is 5. The Hall–Kier alpha value is -2.14. The highest BCUT2D eigenvalue weighted by atomic mass is 32.2. The molecule has 1 N–H and O–H groups in total. The molecular formula is C9H8N6OS. The highest BCUT2D eigenvalue weighted by Crippen LogP contribution is 2.20. The number of hydrogen-bond donors (Lipinski definition) is 1. The Bertz CT molecular complexity index is 625. The number of rotatable bonds is 3. The van der Waals surface area contributed by atoms with Gasteiger partial charge in [0.2, 0.25) is 0 Å². The summed E-state index contributed by atoms with van der Waals surface area (Å²) in [6, 6.07) is 3.44. The maximum Gasteiger partial charge on any atom is 0.343 e. The molecular weight excluding hydrogens is 240 g/mol. The van der Waals surface area contributed by atoms with Crippen LogP contribution in [0.3, 0.4) is 0 Å². The van der Waals surface area contributed by atoms with E-state index in [0.717, 1.165) is 11.8 Å². The van der Waals surface area contributed by atoms with Crippen molar-refractivity contribution >= 4 is 11.8 Å². The predicted octanol–water partition coefficient (Wildman–Crippen LogP) is 0.404. The quantitative estimate of drug-likeness (QED) is 0.789. The fourth-order valence-electron chi connectivity index (χ4n) is 1.19. The van der Waals surface area contributed by atoms with Gasteiger partial charge in [-0.15, -0.1) is 5.10 Å². The highest BCUT2D eigenvalue weighted by molar-refractivity contribution is 7.99. The summed E-state index contributed by atoms with van der Waals surface area (Å²) in [4.78, 5) is 19.3. The van der Waals surface area contributed by atoms with Crippen LogP contribution in [0.1, 0.15) is 12.6 Å². The fraction of sp³-hybridized carbons (Fsp3) is 0.222. The molecule has 0 radical (unpaired) electrons. The molecule has 0 fully saturated rings. The molecule has 0 aliphatic rings. The Labute approximate surface area is 101 Å². The largest absolute Gasteiger partial charge is 0.343 e. The molecule has 0 bridgehead atoms. The first-order valence-electron chi connectivity index (χ1n) is 4.80. The van der Waals surface area contributed by atoms with Gasteiger partial charge in [0.1, 0.15) is 11.8 Å². The number of aromatic nitrogens is 5. The molecule has 2 aromatic rings. The lowest BCUT2D eigenvalue weighted by atomic mass is 10.5. The van der Waals surface area contributed by atoms with Gasteiger partial charge in [0, 0.05) is 12.7 Å². The topological polar surface area (TPSA) is 100 Å². The van der Waals surface area contributed by atoms with E-state index in [0.29, 0.717) is 16.9 Å². The molecule has 0 aliphatic carbocycles. The Kier molecular flexibility index (Phi) is 3.20. The molecule has 0 saturated heterocycles. The number of hydrogen-bond acceptors (Lipinski definition) is 6. The molecule has 0 atom stereocenters. The summed E-state index contributed by atoms with van der Waals surface area (Å²) in [6.45, 7) is 2.35. The lowest BCUT2D eigenvalue weighted by Gasteiger charge is -2.00. The van der Waals surface area contributed by atoms with E-state index in [2.05, 4.69) is 20.2 Å². The monoisotopic (exact) mass is 248 g/mol. The van der Waals surface area contributed by atoms with Gasteiger partial charge in [-0.3, -0.25) is 4.57 Å². The van der Waals surface area contributed by atoms with Gasteiger partial charge in [-0.25, -0.2) is 19.9 Å². The Morgan fingerprint density at radius 1 is 1.65 bits per heavy atom. The van der Waals surface area contributed by atoms with Crippen LogP contribution in [0, 0.1) is 11.3 Å². The smallest absolute Gasteiger partial charge is 0.270 e. The van der Waals surface area contributed by atoms with Gasteiger partial charge in [-0.1, -0.05) is 0 Å². The Morgan fingerprint density at radius 2 is 2.47 bits per heavy atom. The van der Waals surface area contributed by atoms with Gasteiger partial charge in [-0.05, 0) is 24.8 Å². The number of H-pyrrole nitrogens is 1. The van der Waals surface area contributed by atoms with Gasteiger partial charge < -0.3 is 0 Å². The van der Waals surface area contributed by atoms with Gasteiger partial charge >= 0.3 is 5.69 Å². The van der Waals surface area contributed by atoms with Gasteiger partial charge in [0.25, 0.3) is 0 Å². The highest BCUT2D eigenvalue weighted by Gasteiger charge is 2.10. The average molecular weight is 248 g/mol. The molecule has 2 aromatic heterocycles. The van der Waals surface area contributed by atoms with Gasteiger partial charge in [0.15, 0.2) is 10.3 Å². The van der Waals surface area contributed by atoms with E-state index in [1.54, 1.807) is 0 Å². The van der Waals surface area contributed by atoms with Crippen molar-refractivity contribution in [2.75, 3.05) is 0 Å². The maximum absolute atomic E-state index is 11.3. The zero-order chi connectivity index (χ0) is 12.3. The lowest BCUT2D eigenvalue weighted by molar-refractivity contribution is 0.659. The van der Waals surface area contributed by atoms with Gasteiger partial charge in [-0.2, -0.15) is 5.26 Å². The standard InChI is InChI=1S/C9H8N6OS/c1-2-15-8(16)13-14-9(15)17-7-11-4-3-6(5-10)12-7/h3-4H,2H2,1H3,(H,13,16). The molecule has 8 heteroatoms. The number of aromatic amines is 1. The van der Waals surface area contributed by atoms with Crippen LogP contribution in [0.4, 0.5) is 0 Å². The van der Waals surface area contributed by atoms with Crippen molar-refractivity contribution in [2.24, 2.45) is 0 Å². The number of nitrogens with one attached hydrogen (secondary N) is 1. The minimum atomic E-state index is -0.272. The zero-order valence-electron chi connectivity index (χ0n) is 8.91. The Balaban J connectivity index is 2.31. The molecule has 0 spiro atoms. The average Bonchev–Trinajstić information content (AvgIpc) is 2.70. The molecule has 0 unspecified atom stereocenters. The SMILES string of the molecule is CCn1c(Sc2nccc(C#N)n2)n[nH]c1=O. The van der Waals surface area contributed by atoms with Crippen LogP contribution < -0.4 is 5.69 Å². The normalized spacial score (nSPS) is 10.1. The third-order valence-electron chi connectivity index (χ3n) is 1.97. The van der Waals surface area contributed by atoms with Crippen LogP contribution in [0.5, 0.6) is 0 Å². The van der Waals surface area contributed by atoms with Crippen molar-refractivity contribution in [1.82, 2.24) is 24.7 Å². The van der Waals surface area contributed by atoms with Gasteiger partial charge in [0.05, 0.1) is 0 Å². The molecule has 2 heterocycles. The summed E-state index contributed by atoms with van der Waals surface area (Å²) in [5, 5.41) is 15.8. The summed E-state index contributed by atoms with van der Waals surface area (Å²) in [5.41, 5.74) is 0.00914. The van der Waals surface area contributed by atoms with E-state index in [-0.39, 0.29) is 11.4 Å². The van der Waals surface area contributed by atoms with Crippen molar-refractivity contribution in [1.29, 1.82) is 5.26 Å². The van der Waals surface area contributed by atoms with Crippen molar-refractivity contribution in [3.8, 4) is 6.07 Å². The minimum Gasteiger partial charge on any atom is -0.270 e. The van der Waals surface area contributed by atoms with E-state index >= 15 is 0 Å². The van der Waals surface area contributed by atoms with Crippen LogP contribution in [0.25, 0.3) is 0 Å². The molecule has 17 heavy (non-hydrogen) atoms. The molecule has 2 rings (SSSR count). The maximum atomic E-state index is 11.3. The first kappa shape index (κ1) is 11.3. The third kappa shape index (κ3) is 2.34. The predicted molar refractivity (Wildman–Crippen MR) is 59.4 cm³/mol. The summed E-state index contributed by atoms with van der Waals surface area (Å²) >= 11 is 1.14. The first-order valence-corrected chi connectivity index (χ1v) is 5.62. The van der Waals surface area contributed by atoms with Crippen molar-refractivity contribution in [3.05, 3.63) is 28.4 Å².